The van der Waals surface area contributed by atoms with E-state index in [2.05, 4.69) is 9.97 Å². The molecule has 4 heteroatoms. The summed E-state index contributed by atoms with van der Waals surface area (Å²) in [5.41, 5.74) is 8.03. The van der Waals surface area contributed by atoms with Gasteiger partial charge >= 0.3 is 0 Å². The summed E-state index contributed by atoms with van der Waals surface area (Å²) in [6.07, 6.45) is 4.98. The van der Waals surface area contributed by atoms with E-state index >= 15 is 0 Å². The molecule has 0 amide bonds. The van der Waals surface area contributed by atoms with Gasteiger partial charge in [0.1, 0.15) is 0 Å². The number of nitrogens with two attached hydrogens (primary N) is 1. The second-order valence-electron chi connectivity index (χ2n) is 2.83. The van der Waals surface area contributed by atoms with Crippen LogP contribution in [-0.2, 0) is 0 Å². The highest BCUT2D eigenvalue weighted by atomic mass is 35.5. The topological polar surface area (TPSA) is 51.8 Å². The summed E-state index contributed by atoms with van der Waals surface area (Å²) in [4.78, 5) is 8.09. The van der Waals surface area contributed by atoms with Crippen molar-refractivity contribution in [1.82, 2.24) is 9.97 Å². The highest BCUT2D eigenvalue weighted by Gasteiger charge is 2.03. The number of rotatable bonds is 1. The van der Waals surface area contributed by atoms with Crippen LogP contribution in [0.4, 0.5) is 5.69 Å². The molecule has 2 aromatic heterocycles. The van der Waals surface area contributed by atoms with Crippen LogP contribution in [0.5, 0.6) is 0 Å². The van der Waals surface area contributed by atoms with Crippen LogP contribution in [0, 0.1) is 0 Å². The normalized spacial score (nSPS) is 10.1. The lowest BCUT2D eigenvalue weighted by Gasteiger charge is -2.03. The Kier molecular flexibility index (Phi) is 2.33. The number of aromatic nitrogens is 2. The van der Waals surface area contributed by atoms with Gasteiger partial charge in [0.25, 0.3) is 0 Å². The molecule has 70 valence electrons. The number of halogens is 1. The summed E-state index contributed by atoms with van der Waals surface area (Å²) in [5, 5.41) is 0.542. The third-order valence-corrected chi connectivity index (χ3v) is 2.04. The molecule has 2 heterocycles. The maximum Gasteiger partial charge on any atom is 0.0933 e. The van der Waals surface area contributed by atoms with Crippen LogP contribution in [0.3, 0.4) is 0 Å². The molecule has 2 aromatic rings. The SMILES string of the molecule is Nc1cc(Cl)cnc1-c1ccncc1. The Bertz CT molecular complexity index is 442. The van der Waals surface area contributed by atoms with E-state index in [-0.39, 0.29) is 0 Å². The van der Waals surface area contributed by atoms with Gasteiger partial charge in [-0.2, -0.15) is 0 Å². The standard InChI is InChI=1S/C10H8ClN3/c11-8-5-9(12)10(14-6-8)7-1-3-13-4-2-7/h1-6H,12H2. The van der Waals surface area contributed by atoms with Crippen LogP contribution < -0.4 is 5.73 Å². The molecule has 0 aliphatic heterocycles. The van der Waals surface area contributed by atoms with E-state index in [4.69, 9.17) is 17.3 Å². The van der Waals surface area contributed by atoms with Gasteiger partial charge in [0.2, 0.25) is 0 Å². The van der Waals surface area contributed by atoms with Crippen molar-refractivity contribution >= 4 is 17.3 Å². The van der Waals surface area contributed by atoms with Gasteiger partial charge < -0.3 is 5.73 Å². The Balaban J connectivity index is 2.53. The van der Waals surface area contributed by atoms with E-state index in [9.17, 15) is 0 Å². The smallest absolute Gasteiger partial charge is 0.0933 e. The van der Waals surface area contributed by atoms with Crippen LogP contribution >= 0.6 is 11.6 Å². The zero-order valence-corrected chi connectivity index (χ0v) is 8.07. The molecule has 0 aliphatic carbocycles. The summed E-state index contributed by atoms with van der Waals surface area (Å²) >= 11 is 5.75. The molecule has 0 saturated carbocycles. The maximum atomic E-state index is 5.79. The summed E-state index contributed by atoms with van der Waals surface area (Å²) < 4.78 is 0. The van der Waals surface area contributed by atoms with E-state index < -0.39 is 0 Å². The Hall–Kier alpha value is -1.61. The van der Waals surface area contributed by atoms with Crippen LogP contribution in [0.25, 0.3) is 11.3 Å². The van der Waals surface area contributed by atoms with Gasteiger partial charge in [-0.25, -0.2) is 0 Å². The molecule has 0 atom stereocenters. The molecule has 3 nitrogen and oxygen atoms in total. The number of hydrogen-bond acceptors (Lipinski definition) is 3. The monoisotopic (exact) mass is 205 g/mol. The van der Waals surface area contributed by atoms with E-state index in [0.29, 0.717) is 10.7 Å². The van der Waals surface area contributed by atoms with Gasteiger partial charge in [0, 0.05) is 24.2 Å². The Labute approximate surface area is 86.6 Å². The molecule has 0 spiro atoms. The molecule has 14 heavy (non-hydrogen) atoms. The first kappa shape index (κ1) is 8.97. The number of nitrogen functional groups attached to an aromatic ring is 1. The lowest BCUT2D eigenvalue weighted by molar-refractivity contribution is 1.29. The summed E-state index contributed by atoms with van der Waals surface area (Å²) in [7, 11) is 0. The summed E-state index contributed by atoms with van der Waals surface area (Å²) in [5.74, 6) is 0. The van der Waals surface area contributed by atoms with Crippen molar-refractivity contribution in [3.05, 3.63) is 41.8 Å². The average molecular weight is 206 g/mol. The quantitative estimate of drug-likeness (QED) is 0.778. The predicted octanol–water partition coefficient (Wildman–Crippen LogP) is 2.38. The Morgan fingerprint density at radius 3 is 2.57 bits per heavy atom. The van der Waals surface area contributed by atoms with Crippen molar-refractivity contribution in [2.45, 2.75) is 0 Å². The van der Waals surface area contributed by atoms with Crippen LogP contribution in [0.1, 0.15) is 0 Å². The van der Waals surface area contributed by atoms with Crippen molar-refractivity contribution < 1.29 is 0 Å². The molecule has 2 N–H and O–H groups in total. The third-order valence-electron chi connectivity index (χ3n) is 1.84. The van der Waals surface area contributed by atoms with Gasteiger partial charge in [-0.3, -0.25) is 9.97 Å². The average Bonchev–Trinajstić information content (AvgIpc) is 2.19. The molecule has 0 bridgehead atoms. The second kappa shape index (κ2) is 3.64. The fourth-order valence-corrected chi connectivity index (χ4v) is 1.37. The van der Waals surface area contributed by atoms with Gasteiger partial charge in [0.15, 0.2) is 0 Å². The zero-order valence-electron chi connectivity index (χ0n) is 7.31. The van der Waals surface area contributed by atoms with Gasteiger partial charge in [-0.15, -0.1) is 0 Å². The molecule has 0 aliphatic rings. The fraction of sp³-hybridized carbons (Fsp3) is 0. The molecule has 2 rings (SSSR count). The minimum absolute atomic E-state index is 0.542. The molecule has 0 fully saturated rings. The van der Waals surface area contributed by atoms with Gasteiger partial charge in [-0.05, 0) is 18.2 Å². The van der Waals surface area contributed by atoms with E-state index in [1.54, 1.807) is 24.7 Å². The number of anilines is 1. The number of pyridine rings is 2. The maximum absolute atomic E-state index is 5.79. The van der Waals surface area contributed by atoms with Crippen LogP contribution in [0.15, 0.2) is 36.8 Å². The summed E-state index contributed by atoms with van der Waals surface area (Å²) in [6, 6.07) is 5.39. The van der Waals surface area contributed by atoms with Crippen molar-refractivity contribution in [3.63, 3.8) is 0 Å². The lowest BCUT2D eigenvalue weighted by atomic mass is 10.1. The minimum atomic E-state index is 0.542. The summed E-state index contributed by atoms with van der Waals surface area (Å²) in [6.45, 7) is 0. The number of nitrogens with zero attached hydrogens (tertiary/aromatic N) is 2. The zero-order chi connectivity index (χ0) is 9.97. The van der Waals surface area contributed by atoms with Gasteiger partial charge in [-0.1, -0.05) is 11.6 Å². The van der Waals surface area contributed by atoms with Crippen molar-refractivity contribution in [3.8, 4) is 11.3 Å². The first-order chi connectivity index (χ1) is 6.77. The molecular weight excluding hydrogens is 198 g/mol. The van der Waals surface area contributed by atoms with E-state index in [1.807, 2.05) is 12.1 Å². The van der Waals surface area contributed by atoms with Crippen LogP contribution in [0.2, 0.25) is 5.02 Å². The predicted molar refractivity (Wildman–Crippen MR) is 56.9 cm³/mol. The largest absolute Gasteiger partial charge is 0.397 e. The van der Waals surface area contributed by atoms with Crippen molar-refractivity contribution in [2.24, 2.45) is 0 Å². The third kappa shape index (κ3) is 1.67. The highest BCUT2D eigenvalue weighted by Crippen LogP contribution is 2.24. The van der Waals surface area contributed by atoms with E-state index in [0.717, 1.165) is 11.3 Å². The lowest BCUT2D eigenvalue weighted by Crippen LogP contribution is -1.93. The van der Waals surface area contributed by atoms with Crippen molar-refractivity contribution in [2.75, 3.05) is 5.73 Å². The fourth-order valence-electron chi connectivity index (χ4n) is 1.21. The Morgan fingerprint density at radius 1 is 1.21 bits per heavy atom. The minimum Gasteiger partial charge on any atom is -0.397 e. The molecule has 0 saturated heterocycles. The van der Waals surface area contributed by atoms with Crippen molar-refractivity contribution in [1.29, 1.82) is 0 Å². The molecule has 0 unspecified atom stereocenters. The molecule has 0 aromatic carbocycles. The Morgan fingerprint density at radius 2 is 1.93 bits per heavy atom. The van der Waals surface area contributed by atoms with Crippen LogP contribution in [-0.4, -0.2) is 9.97 Å². The number of hydrogen-bond donors (Lipinski definition) is 1. The highest BCUT2D eigenvalue weighted by molar-refractivity contribution is 6.30. The molecular formula is C10H8ClN3. The van der Waals surface area contributed by atoms with Gasteiger partial charge in [0.05, 0.1) is 16.4 Å². The first-order valence-electron chi connectivity index (χ1n) is 4.09. The second-order valence-corrected chi connectivity index (χ2v) is 3.26. The first-order valence-corrected chi connectivity index (χ1v) is 4.46. The molecule has 0 radical (unpaired) electrons. The van der Waals surface area contributed by atoms with E-state index in [1.165, 1.54) is 0 Å².